The summed E-state index contributed by atoms with van der Waals surface area (Å²) in [5.74, 6) is -2.51. The van der Waals surface area contributed by atoms with Crippen LogP contribution in [0.1, 0.15) is 5.69 Å². The average Bonchev–Trinajstić information content (AvgIpc) is 3.28. The largest absolute Gasteiger partial charge is 0.478 e. The molecule has 0 aliphatic carbocycles. The standard InChI is InChI=1S/C17H20N4S.C4H4O4/c1-19-7-9-20(10-8-19)11-15-12-21-13-16(22-17(21)18-15)14-5-3-2-4-6-14;5-3(6)1-2-4(7)8/h2-6,12-13H,7-11H2,1H3;1-2H,(H,5,6)(H,7,8). The molecule has 0 saturated carbocycles. The Morgan fingerprint density at radius 3 is 2.23 bits per heavy atom. The smallest absolute Gasteiger partial charge is 0.328 e. The second kappa shape index (κ2) is 10.1. The summed E-state index contributed by atoms with van der Waals surface area (Å²) in [4.78, 5) is 31.1. The highest BCUT2D eigenvalue weighted by molar-refractivity contribution is 7.20. The minimum Gasteiger partial charge on any atom is -0.478 e. The second-order valence-corrected chi connectivity index (χ2v) is 7.98. The Balaban J connectivity index is 0.000000275. The summed E-state index contributed by atoms with van der Waals surface area (Å²) in [6, 6.07) is 10.5. The Kier molecular flexibility index (Phi) is 7.34. The molecule has 158 valence electrons. The second-order valence-electron chi connectivity index (χ2n) is 6.97. The molecule has 0 spiro atoms. The number of aliphatic carboxylic acids is 2. The lowest BCUT2D eigenvalue weighted by molar-refractivity contribution is -0.134. The summed E-state index contributed by atoms with van der Waals surface area (Å²) in [6.45, 7) is 5.54. The van der Waals surface area contributed by atoms with Gasteiger partial charge in [0.05, 0.1) is 10.6 Å². The summed E-state index contributed by atoms with van der Waals surface area (Å²) >= 11 is 1.76. The van der Waals surface area contributed by atoms with Gasteiger partial charge in [0.2, 0.25) is 0 Å². The zero-order valence-corrected chi connectivity index (χ0v) is 17.5. The van der Waals surface area contributed by atoms with Gasteiger partial charge in [-0.15, -0.1) is 0 Å². The molecule has 2 N–H and O–H groups in total. The fraction of sp³-hybridized carbons (Fsp3) is 0.286. The number of hydrogen-bond acceptors (Lipinski definition) is 6. The van der Waals surface area contributed by atoms with Gasteiger partial charge in [-0.3, -0.25) is 9.30 Å². The van der Waals surface area contributed by atoms with E-state index in [1.54, 1.807) is 11.3 Å². The molecule has 0 atom stereocenters. The van der Waals surface area contributed by atoms with Crippen LogP contribution in [0.15, 0.2) is 54.9 Å². The van der Waals surface area contributed by atoms with E-state index in [4.69, 9.17) is 15.2 Å². The molecule has 30 heavy (non-hydrogen) atoms. The monoisotopic (exact) mass is 428 g/mol. The fourth-order valence-electron chi connectivity index (χ4n) is 3.03. The maximum atomic E-state index is 9.55. The molecule has 8 nitrogen and oxygen atoms in total. The molecule has 1 aliphatic rings. The van der Waals surface area contributed by atoms with Crippen LogP contribution in [0.5, 0.6) is 0 Å². The van der Waals surface area contributed by atoms with Crippen molar-refractivity contribution in [3.63, 3.8) is 0 Å². The molecule has 1 saturated heterocycles. The number of likely N-dealkylation sites (N-methyl/N-ethyl adjacent to an activating group) is 1. The highest BCUT2D eigenvalue weighted by Crippen LogP contribution is 2.28. The third kappa shape index (κ3) is 6.24. The summed E-state index contributed by atoms with van der Waals surface area (Å²) in [5, 5.41) is 15.6. The Morgan fingerprint density at radius 1 is 1.03 bits per heavy atom. The molecule has 1 aromatic carbocycles. The summed E-state index contributed by atoms with van der Waals surface area (Å²) in [6.07, 6.45) is 5.48. The fourth-order valence-corrected chi connectivity index (χ4v) is 4.02. The van der Waals surface area contributed by atoms with E-state index in [1.165, 1.54) is 16.1 Å². The Bertz CT molecular complexity index is 973. The maximum absolute atomic E-state index is 9.55. The van der Waals surface area contributed by atoms with Gasteiger partial charge in [-0.2, -0.15) is 0 Å². The van der Waals surface area contributed by atoms with E-state index in [-0.39, 0.29) is 0 Å². The van der Waals surface area contributed by atoms with Crippen molar-refractivity contribution in [2.24, 2.45) is 0 Å². The number of carbonyl (C=O) groups is 2. The molecular formula is C21H24N4O4S. The van der Waals surface area contributed by atoms with Gasteiger partial charge in [0.1, 0.15) is 0 Å². The lowest BCUT2D eigenvalue weighted by Gasteiger charge is -2.31. The number of thiazole rings is 1. The number of rotatable bonds is 5. The van der Waals surface area contributed by atoms with Crippen molar-refractivity contribution in [1.82, 2.24) is 19.2 Å². The van der Waals surface area contributed by atoms with E-state index in [0.717, 1.165) is 37.7 Å². The number of benzene rings is 1. The molecule has 0 bridgehead atoms. The van der Waals surface area contributed by atoms with E-state index in [1.807, 2.05) is 0 Å². The van der Waals surface area contributed by atoms with Gasteiger partial charge in [-0.25, -0.2) is 14.6 Å². The van der Waals surface area contributed by atoms with Gasteiger partial charge in [0.25, 0.3) is 0 Å². The molecule has 0 radical (unpaired) electrons. The lowest BCUT2D eigenvalue weighted by atomic mass is 10.2. The molecule has 9 heteroatoms. The van der Waals surface area contributed by atoms with E-state index < -0.39 is 11.9 Å². The molecule has 3 heterocycles. The van der Waals surface area contributed by atoms with Crippen LogP contribution in [0.3, 0.4) is 0 Å². The topological polar surface area (TPSA) is 98.4 Å². The Labute approximate surface area is 178 Å². The third-order valence-electron chi connectivity index (χ3n) is 4.61. The van der Waals surface area contributed by atoms with Crippen LogP contribution in [-0.2, 0) is 16.1 Å². The van der Waals surface area contributed by atoms with Crippen molar-refractivity contribution in [2.75, 3.05) is 33.2 Å². The number of nitrogens with zero attached hydrogens (tertiary/aromatic N) is 4. The number of aromatic nitrogens is 2. The van der Waals surface area contributed by atoms with Gasteiger partial charge < -0.3 is 15.1 Å². The molecule has 1 aliphatic heterocycles. The minimum atomic E-state index is -1.26. The van der Waals surface area contributed by atoms with Gasteiger partial charge in [0.15, 0.2) is 4.96 Å². The predicted molar refractivity (Wildman–Crippen MR) is 116 cm³/mol. The van der Waals surface area contributed by atoms with Crippen LogP contribution in [0.2, 0.25) is 0 Å². The Hall–Kier alpha value is -3.01. The normalized spacial score (nSPS) is 15.2. The Morgan fingerprint density at radius 2 is 1.67 bits per heavy atom. The number of fused-ring (bicyclic) bond motifs is 1. The molecule has 3 aromatic rings. The molecule has 2 aromatic heterocycles. The molecule has 4 rings (SSSR count). The minimum absolute atomic E-state index is 0.558. The third-order valence-corrected chi connectivity index (χ3v) is 5.66. The van der Waals surface area contributed by atoms with Crippen molar-refractivity contribution >= 4 is 28.2 Å². The van der Waals surface area contributed by atoms with E-state index in [9.17, 15) is 9.59 Å². The first-order valence-electron chi connectivity index (χ1n) is 9.48. The van der Waals surface area contributed by atoms with Crippen LogP contribution in [0.25, 0.3) is 15.4 Å². The van der Waals surface area contributed by atoms with Crippen molar-refractivity contribution < 1.29 is 19.8 Å². The van der Waals surface area contributed by atoms with E-state index >= 15 is 0 Å². The van der Waals surface area contributed by atoms with E-state index in [0.29, 0.717) is 12.2 Å². The van der Waals surface area contributed by atoms with E-state index in [2.05, 4.69) is 64.0 Å². The van der Waals surface area contributed by atoms with Gasteiger partial charge in [-0.05, 0) is 12.6 Å². The number of hydrogen-bond donors (Lipinski definition) is 2. The zero-order valence-electron chi connectivity index (χ0n) is 16.6. The maximum Gasteiger partial charge on any atom is 0.328 e. The van der Waals surface area contributed by atoms with Crippen LogP contribution in [0, 0.1) is 0 Å². The highest BCUT2D eigenvalue weighted by atomic mass is 32.1. The van der Waals surface area contributed by atoms with Crippen molar-refractivity contribution in [1.29, 1.82) is 0 Å². The number of imidazole rings is 1. The number of carboxylic acid groups (broad SMARTS) is 2. The summed E-state index contributed by atoms with van der Waals surface area (Å²) in [7, 11) is 2.19. The van der Waals surface area contributed by atoms with Crippen molar-refractivity contribution in [3.8, 4) is 10.4 Å². The molecule has 0 unspecified atom stereocenters. The number of carboxylic acids is 2. The quantitative estimate of drug-likeness (QED) is 0.603. The SMILES string of the molecule is CN1CCN(Cc2cn3cc(-c4ccccc4)sc3n2)CC1.O=C(O)C=CC(=O)O. The first-order chi connectivity index (χ1) is 14.4. The van der Waals surface area contributed by atoms with Gasteiger partial charge >= 0.3 is 11.9 Å². The zero-order chi connectivity index (χ0) is 21.5. The summed E-state index contributed by atoms with van der Waals surface area (Å²) < 4.78 is 2.17. The predicted octanol–water partition coefficient (Wildman–Crippen LogP) is 2.52. The first kappa shape index (κ1) is 21.7. The van der Waals surface area contributed by atoms with Crippen molar-refractivity contribution in [3.05, 3.63) is 60.6 Å². The van der Waals surface area contributed by atoms with Gasteiger partial charge in [0, 0.05) is 57.3 Å². The van der Waals surface area contributed by atoms with Crippen LogP contribution < -0.4 is 0 Å². The van der Waals surface area contributed by atoms with Crippen LogP contribution >= 0.6 is 11.3 Å². The van der Waals surface area contributed by atoms with Gasteiger partial charge in [-0.1, -0.05) is 41.7 Å². The first-order valence-corrected chi connectivity index (χ1v) is 10.3. The molecular weight excluding hydrogens is 404 g/mol. The molecule has 0 amide bonds. The average molecular weight is 429 g/mol. The van der Waals surface area contributed by atoms with Crippen LogP contribution in [0.4, 0.5) is 0 Å². The van der Waals surface area contributed by atoms with Crippen LogP contribution in [-0.4, -0.2) is 74.6 Å². The number of piperazine rings is 1. The lowest BCUT2D eigenvalue weighted by Crippen LogP contribution is -2.43. The van der Waals surface area contributed by atoms with Crippen molar-refractivity contribution in [2.45, 2.75) is 6.54 Å². The highest BCUT2D eigenvalue weighted by Gasteiger charge is 2.16. The summed E-state index contributed by atoms with van der Waals surface area (Å²) in [5.41, 5.74) is 2.44. The molecule has 1 fully saturated rings.